The molecule has 2 N–H and O–H groups in total. The molecule has 25 heavy (non-hydrogen) atoms. The molecule has 0 saturated heterocycles. The van der Waals surface area contributed by atoms with Gasteiger partial charge in [-0.2, -0.15) is 0 Å². The SMILES string of the molecule is C=CCC(CC=CCCCC)CC(CC=C)n1c(=O)[nH]c(=O)[nH]c1=O. The van der Waals surface area contributed by atoms with Gasteiger partial charge in [0, 0.05) is 6.04 Å². The fraction of sp³-hybridized carbons (Fsp3) is 0.526. The topological polar surface area (TPSA) is 87.7 Å². The van der Waals surface area contributed by atoms with Gasteiger partial charge in [0.1, 0.15) is 0 Å². The Kier molecular flexibility index (Phi) is 9.29. The van der Waals surface area contributed by atoms with Gasteiger partial charge in [-0.1, -0.05) is 44.1 Å². The number of allylic oxidation sites excluding steroid dienone is 4. The average molecular weight is 347 g/mol. The second kappa shape index (κ2) is 11.2. The number of H-pyrrole nitrogens is 2. The van der Waals surface area contributed by atoms with Crippen molar-refractivity contribution in [2.75, 3.05) is 0 Å². The molecular weight excluding hydrogens is 318 g/mol. The van der Waals surface area contributed by atoms with Crippen LogP contribution in [0.5, 0.6) is 0 Å². The predicted octanol–water partition coefficient (Wildman–Crippen LogP) is 3.06. The molecule has 1 aromatic rings. The maximum Gasteiger partial charge on any atom is 0.333 e. The maximum absolute atomic E-state index is 12.1. The van der Waals surface area contributed by atoms with E-state index in [1.807, 2.05) is 6.08 Å². The molecule has 1 aromatic heterocycles. The molecule has 0 aliphatic carbocycles. The van der Waals surface area contributed by atoms with Crippen LogP contribution in [0, 0.1) is 5.92 Å². The zero-order chi connectivity index (χ0) is 18.7. The Bertz CT molecular complexity index is 705. The summed E-state index contributed by atoms with van der Waals surface area (Å²) in [6.07, 6.45) is 14.0. The minimum absolute atomic E-state index is 0.263. The fourth-order valence-electron chi connectivity index (χ4n) is 2.91. The lowest BCUT2D eigenvalue weighted by Crippen LogP contribution is -2.45. The van der Waals surface area contributed by atoms with E-state index in [1.165, 1.54) is 12.8 Å². The Morgan fingerprint density at radius 2 is 1.64 bits per heavy atom. The summed E-state index contributed by atoms with van der Waals surface area (Å²) in [5.41, 5.74) is -2.15. The Morgan fingerprint density at radius 3 is 2.20 bits per heavy atom. The average Bonchev–Trinajstić information content (AvgIpc) is 2.54. The first kappa shape index (κ1) is 20.7. The van der Waals surface area contributed by atoms with E-state index in [-0.39, 0.29) is 12.0 Å². The van der Waals surface area contributed by atoms with Crippen LogP contribution >= 0.6 is 0 Å². The highest BCUT2D eigenvalue weighted by Gasteiger charge is 2.19. The van der Waals surface area contributed by atoms with Gasteiger partial charge in [-0.3, -0.25) is 9.97 Å². The van der Waals surface area contributed by atoms with E-state index in [1.54, 1.807) is 6.08 Å². The summed E-state index contributed by atoms with van der Waals surface area (Å²) >= 11 is 0. The summed E-state index contributed by atoms with van der Waals surface area (Å²) in [7, 11) is 0. The summed E-state index contributed by atoms with van der Waals surface area (Å²) in [5, 5.41) is 0. The summed E-state index contributed by atoms with van der Waals surface area (Å²) in [6, 6.07) is -0.348. The van der Waals surface area contributed by atoms with Gasteiger partial charge in [0.05, 0.1) is 0 Å². The summed E-state index contributed by atoms with van der Waals surface area (Å²) in [4.78, 5) is 39.6. The minimum atomic E-state index is -0.787. The molecule has 0 aliphatic heterocycles. The largest absolute Gasteiger partial charge is 0.333 e. The van der Waals surface area contributed by atoms with Crippen molar-refractivity contribution in [3.63, 3.8) is 0 Å². The minimum Gasteiger partial charge on any atom is -0.259 e. The van der Waals surface area contributed by atoms with Crippen molar-refractivity contribution in [1.82, 2.24) is 14.5 Å². The molecule has 0 saturated carbocycles. The quantitative estimate of drug-likeness (QED) is 0.450. The highest BCUT2D eigenvalue weighted by atomic mass is 16.2. The first-order valence-electron chi connectivity index (χ1n) is 8.85. The third-order valence-electron chi connectivity index (χ3n) is 4.15. The van der Waals surface area contributed by atoms with Crippen LogP contribution in [-0.4, -0.2) is 14.5 Å². The van der Waals surface area contributed by atoms with E-state index in [4.69, 9.17) is 0 Å². The molecule has 138 valence electrons. The Labute approximate surface area is 148 Å². The van der Waals surface area contributed by atoms with Crippen LogP contribution in [0.25, 0.3) is 0 Å². The van der Waals surface area contributed by atoms with Crippen LogP contribution in [-0.2, 0) is 0 Å². The summed E-state index contributed by atoms with van der Waals surface area (Å²) in [5.74, 6) is 0.263. The number of nitrogens with one attached hydrogen (secondary N) is 2. The van der Waals surface area contributed by atoms with Crippen LogP contribution in [0.4, 0.5) is 0 Å². The molecular formula is C19H29N3O3. The van der Waals surface area contributed by atoms with E-state index in [2.05, 4.69) is 42.2 Å². The van der Waals surface area contributed by atoms with Crippen molar-refractivity contribution in [2.24, 2.45) is 5.92 Å². The zero-order valence-electron chi connectivity index (χ0n) is 15.0. The lowest BCUT2D eigenvalue weighted by Gasteiger charge is -2.22. The highest BCUT2D eigenvalue weighted by Crippen LogP contribution is 2.25. The van der Waals surface area contributed by atoms with Gasteiger partial charge in [0.15, 0.2) is 0 Å². The van der Waals surface area contributed by atoms with E-state index in [0.717, 1.165) is 23.8 Å². The van der Waals surface area contributed by atoms with Crippen molar-refractivity contribution < 1.29 is 0 Å². The van der Waals surface area contributed by atoms with Crippen molar-refractivity contribution in [1.29, 1.82) is 0 Å². The molecule has 0 aliphatic rings. The number of unbranched alkanes of at least 4 members (excludes halogenated alkanes) is 2. The van der Waals surface area contributed by atoms with E-state index in [9.17, 15) is 14.4 Å². The van der Waals surface area contributed by atoms with Crippen molar-refractivity contribution in [3.8, 4) is 0 Å². The maximum atomic E-state index is 12.1. The van der Waals surface area contributed by atoms with Gasteiger partial charge >= 0.3 is 17.1 Å². The highest BCUT2D eigenvalue weighted by molar-refractivity contribution is 4.90. The molecule has 0 aromatic carbocycles. The molecule has 0 radical (unpaired) electrons. The van der Waals surface area contributed by atoms with Crippen LogP contribution in [0.3, 0.4) is 0 Å². The fourth-order valence-corrected chi connectivity index (χ4v) is 2.91. The van der Waals surface area contributed by atoms with Crippen LogP contribution < -0.4 is 17.1 Å². The summed E-state index contributed by atoms with van der Waals surface area (Å²) in [6.45, 7) is 9.68. The number of hydrogen-bond donors (Lipinski definition) is 2. The molecule has 6 nitrogen and oxygen atoms in total. The molecule has 2 atom stereocenters. The molecule has 0 amide bonds. The third kappa shape index (κ3) is 6.95. The number of nitrogens with zero attached hydrogens (tertiary/aromatic N) is 1. The molecule has 1 heterocycles. The Balaban J connectivity index is 2.96. The molecule has 2 unspecified atom stereocenters. The van der Waals surface area contributed by atoms with Gasteiger partial charge in [-0.05, 0) is 38.0 Å². The standard InChI is InChI=1S/C19H29N3O3/c1-4-7-8-9-10-13-15(11-5-2)14-16(12-6-3)22-18(24)20-17(23)21-19(22)25/h5-6,9-10,15-16H,2-4,7-8,11-14H2,1H3,(H2,20,21,23,24,25). The van der Waals surface area contributed by atoms with Crippen molar-refractivity contribution in [3.05, 3.63) is 68.9 Å². The molecule has 6 heteroatoms. The van der Waals surface area contributed by atoms with E-state index in [0.29, 0.717) is 12.8 Å². The second-order valence-corrected chi connectivity index (χ2v) is 6.21. The van der Waals surface area contributed by atoms with Crippen LogP contribution in [0.2, 0.25) is 0 Å². The van der Waals surface area contributed by atoms with Gasteiger partial charge in [-0.25, -0.2) is 19.0 Å². The lowest BCUT2D eigenvalue weighted by molar-refractivity contribution is 0.347. The first-order valence-corrected chi connectivity index (χ1v) is 8.85. The third-order valence-corrected chi connectivity index (χ3v) is 4.15. The zero-order valence-corrected chi connectivity index (χ0v) is 15.0. The molecule has 0 bridgehead atoms. The lowest BCUT2D eigenvalue weighted by atomic mass is 9.91. The Morgan fingerprint density at radius 1 is 1.00 bits per heavy atom. The number of hydrogen-bond acceptors (Lipinski definition) is 3. The predicted molar refractivity (Wildman–Crippen MR) is 102 cm³/mol. The number of aromatic nitrogens is 3. The number of rotatable bonds is 12. The van der Waals surface area contributed by atoms with Gasteiger partial charge in [0.25, 0.3) is 0 Å². The number of aromatic amines is 2. The van der Waals surface area contributed by atoms with Gasteiger partial charge in [0.2, 0.25) is 0 Å². The van der Waals surface area contributed by atoms with Crippen LogP contribution in [0.15, 0.2) is 51.8 Å². The monoisotopic (exact) mass is 347 g/mol. The second-order valence-electron chi connectivity index (χ2n) is 6.21. The van der Waals surface area contributed by atoms with Gasteiger partial charge in [-0.15, -0.1) is 13.2 Å². The van der Waals surface area contributed by atoms with E-state index < -0.39 is 17.1 Å². The van der Waals surface area contributed by atoms with Crippen molar-refractivity contribution in [2.45, 2.75) is 57.9 Å². The van der Waals surface area contributed by atoms with Crippen LogP contribution in [0.1, 0.15) is 57.9 Å². The normalized spacial score (nSPS) is 13.6. The summed E-state index contributed by atoms with van der Waals surface area (Å²) < 4.78 is 1.08. The smallest absolute Gasteiger partial charge is 0.259 e. The Hall–Kier alpha value is -2.37. The molecule has 0 fully saturated rings. The molecule has 0 spiro atoms. The van der Waals surface area contributed by atoms with Gasteiger partial charge < -0.3 is 0 Å². The van der Waals surface area contributed by atoms with E-state index >= 15 is 0 Å². The first-order chi connectivity index (χ1) is 12.0. The van der Waals surface area contributed by atoms with Crippen molar-refractivity contribution >= 4 is 0 Å². The molecule has 1 rings (SSSR count).